The number of rotatable bonds is 3. The molecule has 0 fully saturated rings. The maximum Gasteiger partial charge on any atom is 0.339 e. The molecule has 4 nitrogen and oxygen atoms in total. The van der Waals surface area contributed by atoms with Crippen LogP contribution >= 0.6 is 11.6 Å². The molecule has 3 N–H and O–H groups in total. The summed E-state index contributed by atoms with van der Waals surface area (Å²) >= 11 is 6.03. The minimum atomic E-state index is -1.14. The second-order valence-electron chi connectivity index (χ2n) is 4.53. The number of halogens is 1. The molecule has 2 aromatic carbocycles. The van der Waals surface area contributed by atoms with Gasteiger partial charge in [0.05, 0.1) is 5.02 Å². The van der Waals surface area contributed by atoms with E-state index >= 15 is 0 Å². The van der Waals surface area contributed by atoms with Crippen LogP contribution in [0.4, 0.5) is 5.69 Å². The van der Waals surface area contributed by atoms with Crippen LogP contribution in [0.3, 0.4) is 0 Å². The molecule has 0 aliphatic carbocycles. The summed E-state index contributed by atoms with van der Waals surface area (Å²) in [5.41, 5.74) is 7.99. The Morgan fingerprint density at radius 3 is 2.50 bits per heavy atom. The molecule has 0 saturated carbocycles. The van der Waals surface area contributed by atoms with Gasteiger partial charge in [-0.2, -0.15) is 0 Å². The smallest absolute Gasteiger partial charge is 0.339 e. The van der Waals surface area contributed by atoms with Crippen molar-refractivity contribution in [2.45, 2.75) is 13.8 Å². The number of aromatic carboxylic acids is 1. The lowest BCUT2D eigenvalue weighted by Gasteiger charge is -2.12. The van der Waals surface area contributed by atoms with Crippen LogP contribution in [0.5, 0.6) is 11.5 Å². The number of hydrogen-bond donors (Lipinski definition) is 2. The van der Waals surface area contributed by atoms with E-state index in [0.29, 0.717) is 5.75 Å². The molecular formula is C15H14ClNO3. The van der Waals surface area contributed by atoms with Crippen molar-refractivity contribution in [2.75, 3.05) is 5.73 Å². The fourth-order valence-electron chi connectivity index (χ4n) is 1.77. The van der Waals surface area contributed by atoms with E-state index in [1.807, 2.05) is 26.0 Å². The summed E-state index contributed by atoms with van der Waals surface area (Å²) in [4.78, 5) is 11.2. The predicted octanol–water partition coefficient (Wildman–Crippen LogP) is 4.03. The van der Waals surface area contributed by atoms with Crippen LogP contribution in [0, 0.1) is 13.8 Å². The van der Waals surface area contributed by atoms with E-state index in [2.05, 4.69) is 0 Å². The summed E-state index contributed by atoms with van der Waals surface area (Å²) in [5.74, 6) is -0.517. The number of carbonyl (C=O) groups is 1. The first-order chi connectivity index (χ1) is 9.38. The van der Waals surface area contributed by atoms with Gasteiger partial charge < -0.3 is 15.6 Å². The standard InChI is InChI=1S/C15H14ClNO3/c1-8-3-4-11(5-9(8)2)20-14-12(15(18)19)6-10(17)7-13(14)16/h3-7H,17H2,1-2H3,(H,18,19). The number of carboxylic acids is 1. The highest BCUT2D eigenvalue weighted by atomic mass is 35.5. The topological polar surface area (TPSA) is 72.5 Å². The minimum Gasteiger partial charge on any atom is -0.478 e. The minimum absolute atomic E-state index is 0.0618. The molecule has 0 saturated heterocycles. The van der Waals surface area contributed by atoms with Crippen molar-refractivity contribution in [1.29, 1.82) is 0 Å². The Balaban J connectivity index is 2.47. The number of nitrogens with two attached hydrogens (primary N) is 1. The number of hydrogen-bond acceptors (Lipinski definition) is 3. The number of carboxylic acid groups (broad SMARTS) is 1. The van der Waals surface area contributed by atoms with Crippen molar-refractivity contribution >= 4 is 23.3 Å². The predicted molar refractivity (Wildman–Crippen MR) is 78.8 cm³/mol. The van der Waals surface area contributed by atoms with Gasteiger partial charge in [0.1, 0.15) is 11.3 Å². The van der Waals surface area contributed by atoms with E-state index in [1.165, 1.54) is 12.1 Å². The third-order valence-electron chi connectivity index (χ3n) is 2.99. The number of benzene rings is 2. The van der Waals surface area contributed by atoms with Crippen LogP contribution in [-0.4, -0.2) is 11.1 Å². The van der Waals surface area contributed by atoms with Gasteiger partial charge in [-0.15, -0.1) is 0 Å². The second-order valence-corrected chi connectivity index (χ2v) is 4.94. The van der Waals surface area contributed by atoms with E-state index in [0.717, 1.165) is 11.1 Å². The van der Waals surface area contributed by atoms with E-state index in [9.17, 15) is 9.90 Å². The third-order valence-corrected chi connectivity index (χ3v) is 3.28. The lowest BCUT2D eigenvalue weighted by Crippen LogP contribution is -2.02. The molecule has 0 bridgehead atoms. The summed E-state index contributed by atoms with van der Waals surface area (Å²) < 4.78 is 5.62. The first-order valence-corrected chi connectivity index (χ1v) is 6.33. The molecule has 20 heavy (non-hydrogen) atoms. The molecule has 0 amide bonds. The average molecular weight is 292 g/mol. The Morgan fingerprint density at radius 1 is 1.20 bits per heavy atom. The Labute approximate surface area is 121 Å². The Kier molecular flexibility index (Phi) is 3.86. The molecule has 0 spiro atoms. The largest absolute Gasteiger partial charge is 0.478 e. The van der Waals surface area contributed by atoms with Crippen LogP contribution in [0.2, 0.25) is 5.02 Å². The quantitative estimate of drug-likeness (QED) is 0.837. The number of aryl methyl sites for hydroxylation is 2. The van der Waals surface area contributed by atoms with Crippen molar-refractivity contribution in [1.82, 2.24) is 0 Å². The number of ether oxygens (including phenoxy) is 1. The molecule has 2 rings (SSSR count). The maximum absolute atomic E-state index is 11.2. The molecule has 0 aliphatic heterocycles. The normalized spacial score (nSPS) is 10.3. The first kappa shape index (κ1) is 14.2. The summed E-state index contributed by atoms with van der Waals surface area (Å²) in [6.07, 6.45) is 0. The van der Waals surface area contributed by atoms with Crippen molar-refractivity contribution in [3.63, 3.8) is 0 Å². The summed E-state index contributed by atoms with van der Waals surface area (Å²) in [5, 5.41) is 9.36. The van der Waals surface area contributed by atoms with E-state index in [1.54, 1.807) is 6.07 Å². The molecule has 104 valence electrons. The molecule has 0 unspecified atom stereocenters. The molecule has 2 aromatic rings. The van der Waals surface area contributed by atoms with E-state index in [-0.39, 0.29) is 22.0 Å². The Hall–Kier alpha value is -2.20. The second kappa shape index (κ2) is 5.43. The SMILES string of the molecule is Cc1ccc(Oc2c(Cl)cc(N)cc2C(=O)O)cc1C. The first-order valence-electron chi connectivity index (χ1n) is 5.96. The van der Waals surface area contributed by atoms with E-state index in [4.69, 9.17) is 22.1 Å². The zero-order valence-corrected chi connectivity index (χ0v) is 11.9. The molecule has 0 heterocycles. The number of nitrogen functional groups attached to an aromatic ring is 1. The molecule has 0 aromatic heterocycles. The van der Waals surface area contributed by atoms with Crippen LogP contribution in [0.15, 0.2) is 30.3 Å². The van der Waals surface area contributed by atoms with Gasteiger partial charge >= 0.3 is 5.97 Å². The number of anilines is 1. The van der Waals surface area contributed by atoms with Gasteiger partial charge in [0.2, 0.25) is 0 Å². The lowest BCUT2D eigenvalue weighted by molar-refractivity contribution is 0.0694. The van der Waals surface area contributed by atoms with Gasteiger partial charge in [-0.3, -0.25) is 0 Å². The summed E-state index contributed by atoms with van der Waals surface area (Å²) in [6.45, 7) is 3.93. The van der Waals surface area contributed by atoms with Crippen LogP contribution in [0.1, 0.15) is 21.5 Å². The molecule has 0 atom stereocenters. The average Bonchev–Trinajstić information content (AvgIpc) is 2.36. The molecule has 5 heteroatoms. The zero-order valence-electron chi connectivity index (χ0n) is 11.1. The molecule has 0 aliphatic rings. The van der Waals surface area contributed by atoms with Crippen molar-refractivity contribution in [2.24, 2.45) is 0 Å². The van der Waals surface area contributed by atoms with Crippen molar-refractivity contribution in [3.8, 4) is 11.5 Å². The zero-order chi connectivity index (χ0) is 14.9. The molecular weight excluding hydrogens is 278 g/mol. The van der Waals surface area contributed by atoms with Gasteiger partial charge in [0.15, 0.2) is 5.75 Å². The summed E-state index contributed by atoms with van der Waals surface area (Å²) in [6, 6.07) is 8.28. The van der Waals surface area contributed by atoms with Gasteiger partial charge in [-0.1, -0.05) is 17.7 Å². The van der Waals surface area contributed by atoms with Crippen molar-refractivity contribution in [3.05, 3.63) is 52.0 Å². The van der Waals surface area contributed by atoms with Crippen LogP contribution < -0.4 is 10.5 Å². The highest BCUT2D eigenvalue weighted by molar-refractivity contribution is 6.33. The third kappa shape index (κ3) is 2.86. The van der Waals surface area contributed by atoms with Crippen LogP contribution in [0.25, 0.3) is 0 Å². The monoisotopic (exact) mass is 291 g/mol. The fourth-order valence-corrected chi connectivity index (χ4v) is 2.04. The van der Waals surface area contributed by atoms with E-state index < -0.39 is 5.97 Å². The van der Waals surface area contributed by atoms with Crippen LogP contribution in [-0.2, 0) is 0 Å². The maximum atomic E-state index is 11.2. The highest BCUT2D eigenvalue weighted by Crippen LogP contribution is 2.35. The Morgan fingerprint density at radius 2 is 1.90 bits per heavy atom. The van der Waals surface area contributed by atoms with Crippen molar-refractivity contribution < 1.29 is 14.6 Å². The van der Waals surface area contributed by atoms with Gasteiger partial charge in [-0.05, 0) is 49.2 Å². The summed E-state index contributed by atoms with van der Waals surface area (Å²) in [7, 11) is 0. The lowest BCUT2D eigenvalue weighted by atomic mass is 10.1. The Bertz CT molecular complexity index is 683. The fraction of sp³-hybridized carbons (Fsp3) is 0.133. The van der Waals surface area contributed by atoms with Gasteiger partial charge in [-0.25, -0.2) is 4.79 Å². The highest BCUT2D eigenvalue weighted by Gasteiger charge is 2.17. The van der Waals surface area contributed by atoms with Gasteiger partial charge in [0.25, 0.3) is 0 Å². The van der Waals surface area contributed by atoms with Gasteiger partial charge in [0, 0.05) is 5.69 Å². The molecule has 0 radical (unpaired) electrons.